The second kappa shape index (κ2) is 9.37. The molecule has 2 aliphatic heterocycles. The topological polar surface area (TPSA) is 53.1 Å². The van der Waals surface area contributed by atoms with Crippen LogP contribution in [0.25, 0.3) is 0 Å². The van der Waals surface area contributed by atoms with Crippen molar-refractivity contribution in [1.82, 2.24) is 14.7 Å². The van der Waals surface area contributed by atoms with Crippen molar-refractivity contribution in [2.75, 3.05) is 52.5 Å². The Bertz CT molecular complexity index is 420. The van der Waals surface area contributed by atoms with Gasteiger partial charge in [0.1, 0.15) is 0 Å². The summed E-state index contributed by atoms with van der Waals surface area (Å²) < 4.78 is 5.37. The number of morpholine rings is 1. The summed E-state index contributed by atoms with van der Waals surface area (Å²) in [5.41, 5.74) is 0. The van der Waals surface area contributed by atoms with Gasteiger partial charge in [-0.3, -0.25) is 14.5 Å². The van der Waals surface area contributed by atoms with E-state index in [1.807, 2.05) is 9.80 Å². The number of likely N-dealkylation sites (tertiary alicyclic amines) is 1. The molecule has 6 heteroatoms. The standard InChI is InChI=1S/C18H33N3O3/c1-4-16(5-2)18(23)20-7-6-17(14-20)21(15(3)22)9-8-19-10-12-24-13-11-19/h16-17H,4-14H2,1-3H3. The van der Waals surface area contributed by atoms with Crippen molar-refractivity contribution in [3.8, 4) is 0 Å². The molecular formula is C18H33N3O3. The van der Waals surface area contributed by atoms with Crippen LogP contribution in [0, 0.1) is 5.92 Å². The summed E-state index contributed by atoms with van der Waals surface area (Å²) in [6, 6.07) is 0.168. The molecule has 1 atom stereocenters. The first-order valence-electron chi connectivity index (χ1n) is 9.42. The van der Waals surface area contributed by atoms with Gasteiger partial charge in [0.15, 0.2) is 0 Å². The van der Waals surface area contributed by atoms with Crippen molar-refractivity contribution in [2.45, 2.75) is 46.1 Å². The average molecular weight is 339 g/mol. The van der Waals surface area contributed by atoms with Crippen LogP contribution in [-0.2, 0) is 14.3 Å². The Morgan fingerprint density at radius 2 is 1.83 bits per heavy atom. The Kier molecular flexibility index (Phi) is 7.49. The lowest BCUT2D eigenvalue weighted by molar-refractivity contribution is -0.136. The number of hydrogen-bond acceptors (Lipinski definition) is 4. The zero-order valence-corrected chi connectivity index (χ0v) is 15.5. The largest absolute Gasteiger partial charge is 0.379 e. The van der Waals surface area contributed by atoms with Gasteiger partial charge in [0.05, 0.1) is 19.3 Å². The van der Waals surface area contributed by atoms with E-state index < -0.39 is 0 Å². The summed E-state index contributed by atoms with van der Waals surface area (Å²) in [4.78, 5) is 30.9. The van der Waals surface area contributed by atoms with Crippen molar-refractivity contribution in [3.63, 3.8) is 0 Å². The normalized spacial score (nSPS) is 22.2. The van der Waals surface area contributed by atoms with E-state index in [4.69, 9.17) is 4.74 Å². The van der Waals surface area contributed by atoms with E-state index in [0.717, 1.165) is 65.2 Å². The minimum absolute atomic E-state index is 0.116. The van der Waals surface area contributed by atoms with E-state index in [0.29, 0.717) is 6.54 Å². The fourth-order valence-corrected chi connectivity index (χ4v) is 3.76. The molecule has 2 amide bonds. The molecule has 0 bridgehead atoms. The molecule has 2 aliphatic rings. The van der Waals surface area contributed by atoms with Gasteiger partial charge in [-0.25, -0.2) is 0 Å². The quantitative estimate of drug-likeness (QED) is 0.699. The maximum atomic E-state index is 12.6. The lowest BCUT2D eigenvalue weighted by Gasteiger charge is -2.32. The second-order valence-electron chi connectivity index (χ2n) is 6.91. The molecule has 2 saturated heterocycles. The van der Waals surface area contributed by atoms with Crippen LogP contribution >= 0.6 is 0 Å². The lowest BCUT2D eigenvalue weighted by Crippen LogP contribution is -2.47. The van der Waals surface area contributed by atoms with Gasteiger partial charge in [-0.1, -0.05) is 13.8 Å². The molecule has 0 aromatic carbocycles. The molecule has 0 N–H and O–H groups in total. The number of amides is 2. The number of carbonyl (C=O) groups is 2. The van der Waals surface area contributed by atoms with Crippen LogP contribution in [-0.4, -0.2) is 85.0 Å². The van der Waals surface area contributed by atoms with E-state index in [-0.39, 0.29) is 23.8 Å². The Morgan fingerprint density at radius 3 is 2.42 bits per heavy atom. The van der Waals surface area contributed by atoms with Crippen LogP contribution in [0.2, 0.25) is 0 Å². The van der Waals surface area contributed by atoms with Crippen LogP contribution in [0.4, 0.5) is 0 Å². The number of carbonyl (C=O) groups excluding carboxylic acids is 2. The summed E-state index contributed by atoms with van der Waals surface area (Å²) in [6.07, 6.45) is 2.68. The van der Waals surface area contributed by atoms with E-state index in [1.165, 1.54) is 0 Å². The van der Waals surface area contributed by atoms with Crippen LogP contribution in [0.15, 0.2) is 0 Å². The molecule has 2 heterocycles. The molecule has 6 nitrogen and oxygen atoms in total. The van der Waals surface area contributed by atoms with Crippen molar-refractivity contribution >= 4 is 11.8 Å². The number of ether oxygens (including phenoxy) is 1. The monoisotopic (exact) mass is 339 g/mol. The van der Waals surface area contributed by atoms with Gasteiger partial charge < -0.3 is 14.5 Å². The minimum atomic E-state index is 0.116. The second-order valence-corrected chi connectivity index (χ2v) is 6.91. The Morgan fingerprint density at radius 1 is 1.17 bits per heavy atom. The van der Waals surface area contributed by atoms with Crippen molar-refractivity contribution in [3.05, 3.63) is 0 Å². The molecule has 0 aliphatic carbocycles. The predicted molar refractivity (Wildman–Crippen MR) is 93.7 cm³/mol. The number of rotatable bonds is 7. The molecule has 0 saturated carbocycles. The molecule has 0 spiro atoms. The van der Waals surface area contributed by atoms with Gasteiger partial charge in [-0.2, -0.15) is 0 Å². The maximum absolute atomic E-state index is 12.6. The number of hydrogen-bond donors (Lipinski definition) is 0. The Balaban J connectivity index is 1.87. The molecule has 0 aromatic heterocycles. The number of nitrogens with zero attached hydrogens (tertiary/aromatic N) is 3. The summed E-state index contributed by atoms with van der Waals surface area (Å²) in [7, 11) is 0. The third kappa shape index (κ3) is 4.93. The first-order chi connectivity index (χ1) is 11.6. The highest BCUT2D eigenvalue weighted by Crippen LogP contribution is 2.20. The third-order valence-corrected chi connectivity index (χ3v) is 5.42. The van der Waals surface area contributed by atoms with Gasteiger partial charge in [-0.05, 0) is 19.3 Å². The van der Waals surface area contributed by atoms with Crippen molar-refractivity contribution < 1.29 is 14.3 Å². The van der Waals surface area contributed by atoms with Gasteiger partial charge in [0, 0.05) is 52.1 Å². The average Bonchev–Trinajstić information content (AvgIpc) is 3.06. The molecule has 24 heavy (non-hydrogen) atoms. The summed E-state index contributed by atoms with van der Waals surface area (Å²) in [6.45, 7) is 12.3. The molecule has 2 rings (SSSR count). The van der Waals surface area contributed by atoms with Gasteiger partial charge >= 0.3 is 0 Å². The Labute approximate surface area is 146 Å². The molecule has 2 fully saturated rings. The fourth-order valence-electron chi connectivity index (χ4n) is 3.76. The Hall–Kier alpha value is -1.14. The molecule has 1 unspecified atom stereocenters. The van der Waals surface area contributed by atoms with Gasteiger partial charge in [0.25, 0.3) is 0 Å². The minimum Gasteiger partial charge on any atom is -0.379 e. The fraction of sp³-hybridized carbons (Fsp3) is 0.889. The summed E-state index contributed by atoms with van der Waals surface area (Å²) in [5, 5.41) is 0. The third-order valence-electron chi connectivity index (χ3n) is 5.42. The highest BCUT2D eigenvalue weighted by atomic mass is 16.5. The van der Waals surface area contributed by atoms with E-state index in [1.54, 1.807) is 6.92 Å². The maximum Gasteiger partial charge on any atom is 0.225 e. The van der Waals surface area contributed by atoms with Gasteiger partial charge in [0.2, 0.25) is 11.8 Å². The van der Waals surface area contributed by atoms with E-state index >= 15 is 0 Å². The smallest absolute Gasteiger partial charge is 0.225 e. The first-order valence-corrected chi connectivity index (χ1v) is 9.42. The molecule has 0 radical (unpaired) electrons. The molecule has 138 valence electrons. The van der Waals surface area contributed by atoms with E-state index in [2.05, 4.69) is 18.7 Å². The summed E-state index contributed by atoms with van der Waals surface area (Å²) in [5.74, 6) is 0.507. The predicted octanol–water partition coefficient (Wildman–Crippen LogP) is 1.20. The van der Waals surface area contributed by atoms with Crippen molar-refractivity contribution in [1.29, 1.82) is 0 Å². The summed E-state index contributed by atoms with van der Waals surface area (Å²) >= 11 is 0. The SMILES string of the molecule is CCC(CC)C(=O)N1CCC(N(CCN2CCOCC2)C(C)=O)C1. The zero-order valence-electron chi connectivity index (χ0n) is 15.5. The molecular weight excluding hydrogens is 306 g/mol. The zero-order chi connectivity index (χ0) is 17.5. The van der Waals surface area contributed by atoms with Crippen LogP contribution < -0.4 is 0 Å². The van der Waals surface area contributed by atoms with Crippen LogP contribution in [0.1, 0.15) is 40.0 Å². The van der Waals surface area contributed by atoms with Crippen LogP contribution in [0.3, 0.4) is 0 Å². The molecule has 0 aromatic rings. The highest BCUT2D eigenvalue weighted by molar-refractivity contribution is 5.79. The first kappa shape index (κ1) is 19.2. The highest BCUT2D eigenvalue weighted by Gasteiger charge is 2.33. The lowest BCUT2D eigenvalue weighted by atomic mass is 10.0. The van der Waals surface area contributed by atoms with Crippen LogP contribution in [0.5, 0.6) is 0 Å². The van der Waals surface area contributed by atoms with Crippen molar-refractivity contribution in [2.24, 2.45) is 5.92 Å². The van der Waals surface area contributed by atoms with Gasteiger partial charge in [-0.15, -0.1) is 0 Å². The van der Waals surface area contributed by atoms with E-state index in [9.17, 15) is 9.59 Å².